The Labute approximate surface area is 165 Å². The molecule has 0 radical (unpaired) electrons. The molecule has 1 amide bonds. The Kier molecular flexibility index (Phi) is 14.0. The molecule has 152 valence electrons. The molecule has 0 fully saturated rings. The fraction of sp³-hybridized carbons (Fsp3) is 0.652. The van der Waals surface area contributed by atoms with Gasteiger partial charge in [-0.2, -0.15) is 5.10 Å². The summed E-state index contributed by atoms with van der Waals surface area (Å²) in [7, 11) is 0. The fourth-order valence-electron chi connectivity index (χ4n) is 3.10. The highest BCUT2D eigenvalue weighted by molar-refractivity contribution is 5.82. The summed E-state index contributed by atoms with van der Waals surface area (Å²) in [5.41, 5.74) is 3.40. The number of unbranched alkanes of at least 4 members (excludes halogenated alkanes) is 12. The molecular formula is C23H38N2O2. The average Bonchev–Trinajstić information content (AvgIpc) is 2.67. The van der Waals surface area contributed by atoms with Gasteiger partial charge in [-0.25, -0.2) is 5.43 Å². The number of phenols is 1. The summed E-state index contributed by atoms with van der Waals surface area (Å²) in [6.07, 6.45) is 19.1. The van der Waals surface area contributed by atoms with E-state index in [1.54, 1.807) is 30.5 Å². The van der Waals surface area contributed by atoms with Crippen LogP contribution in [0.25, 0.3) is 0 Å². The molecule has 1 aromatic rings. The topological polar surface area (TPSA) is 61.7 Å². The van der Waals surface area contributed by atoms with Crippen molar-refractivity contribution in [3.05, 3.63) is 29.8 Å². The zero-order valence-corrected chi connectivity index (χ0v) is 17.1. The molecule has 0 unspecified atom stereocenters. The number of carbonyl (C=O) groups excluding carboxylic acids is 1. The number of hydrogen-bond donors (Lipinski definition) is 2. The number of nitrogens with zero attached hydrogens (tertiary/aromatic N) is 1. The predicted molar refractivity (Wildman–Crippen MR) is 114 cm³/mol. The Hall–Kier alpha value is -1.84. The standard InChI is InChI=1S/C23H38N2O2/c1-2-3-4-5-6-7-8-9-10-11-12-13-14-15-23(27)25-24-20-21-16-18-22(26)19-17-21/h16-20,26H,2-15H2,1H3,(H,25,27)/b24-20-. The zero-order valence-electron chi connectivity index (χ0n) is 17.1. The number of amides is 1. The lowest BCUT2D eigenvalue weighted by molar-refractivity contribution is -0.121. The number of benzene rings is 1. The van der Waals surface area contributed by atoms with Crippen molar-refractivity contribution in [3.63, 3.8) is 0 Å². The van der Waals surface area contributed by atoms with Gasteiger partial charge in [-0.15, -0.1) is 0 Å². The van der Waals surface area contributed by atoms with Gasteiger partial charge in [0.05, 0.1) is 6.21 Å². The van der Waals surface area contributed by atoms with Crippen LogP contribution in [0.4, 0.5) is 0 Å². The highest BCUT2D eigenvalue weighted by Crippen LogP contribution is 2.13. The Balaban J connectivity index is 1.87. The average molecular weight is 375 g/mol. The molecule has 1 aromatic carbocycles. The van der Waals surface area contributed by atoms with Crippen molar-refractivity contribution < 1.29 is 9.90 Å². The van der Waals surface area contributed by atoms with Crippen molar-refractivity contribution >= 4 is 12.1 Å². The number of hydrazone groups is 1. The molecule has 0 saturated carbocycles. The van der Waals surface area contributed by atoms with Gasteiger partial charge in [0.25, 0.3) is 0 Å². The molecule has 1 rings (SSSR count). The number of nitrogens with one attached hydrogen (secondary N) is 1. The molecule has 0 aliphatic carbocycles. The van der Waals surface area contributed by atoms with Crippen LogP contribution in [0.1, 0.15) is 102 Å². The summed E-state index contributed by atoms with van der Waals surface area (Å²) >= 11 is 0. The van der Waals surface area contributed by atoms with Gasteiger partial charge in [0, 0.05) is 6.42 Å². The van der Waals surface area contributed by atoms with Crippen LogP contribution in [0.15, 0.2) is 29.4 Å². The lowest BCUT2D eigenvalue weighted by Gasteiger charge is -2.03. The van der Waals surface area contributed by atoms with Gasteiger partial charge in [0.1, 0.15) is 5.75 Å². The molecule has 4 nitrogen and oxygen atoms in total. The van der Waals surface area contributed by atoms with Gasteiger partial charge in [0.15, 0.2) is 0 Å². The van der Waals surface area contributed by atoms with Crippen LogP contribution in [0.2, 0.25) is 0 Å². The molecule has 0 bridgehead atoms. The van der Waals surface area contributed by atoms with Crippen LogP contribution in [-0.2, 0) is 4.79 Å². The summed E-state index contributed by atoms with van der Waals surface area (Å²) in [6.45, 7) is 2.26. The Bertz CT molecular complexity index is 512. The Morgan fingerprint density at radius 1 is 0.852 bits per heavy atom. The first-order valence-electron chi connectivity index (χ1n) is 10.8. The largest absolute Gasteiger partial charge is 0.508 e. The van der Waals surface area contributed by atoms with Gasteiger partial charge < -0.3 is 5.11 Å². The molecule has 0 saturated heterocycles. The van der Waals surface area contributed by atoms with E-state index < -0.39 is 0 Å². The highest BCUT2D eigenvalue weighted by Gasteiger charge is 1.99. The molecule has 2 N–H and O–H groups in total. The monoisotopic (exact) mass is 374 g/mol. The molecule has 4 heteroatoms. The van der Waals surface area contributed by atoms with Gasteiger partial charge in [-0.3, -0.25) is 4.79 Å². The van der Waals surface area contributed by atoms with Gasteiger partial charge in [-0.05, 0) is 36.2 Å². The Morgan fingerprint density at radius 3 is 1.85 bits per heavy atom. The second kappa shape index (κ2) is 16.3. The van der Waals surface area contributed by atoms with E-state index in [0.29, 0.717) is 6.42 Å². The van der Waals surface area contributed by atoms with Crippen LogP contribution in [0.5, 0.6) is 5.75 Å². The van der Waals surface area contributed by atoms with Gasteiger partial charge in [-0.1, -0.05) is 84.0 Å². The first kappa shape index (κ1) is 23.2. The molecule has 0 aliphatic rings. The van der Waals surface area contributed by atoms with Crippen molar-refractivity contribution in [1.82, 2.24) is 5.43 Å². The molecule has 0 atom stereocenters. The predicted octanol–water partition coefficient (Wildman–Crippen LogP) is 6.32. The summed E-state index contributed by atoms with van der Waals surface area (Å²) in [4.78, 5) is 11.7. The van der Waals surface area contributed by atoms with E-state index in [0.717, 1.165) is 18.4 Å². The van der Waals surface area contributed by atoms with Crippen LogP contribution in [-0.4, -0.2) is 17.2 Å². The maximum atomic E-state index is 11.7. The third-order valence-corrected chi connectivity index (χ3v) is 4.80. The minimum atomic E-state index is -0.0342. The SMILES string of the molecule is CCCCCCCCCCCCCCCC(=O)N/N=C\c1ccc(O)cc1. The molecule has 0 aromatic heterocycles. The number of phenolic OH excluding ortho intramolecular Hbond substituents is 1. The molecule has 0 spiro atoms. The third-order valence-electron chi connectivity index (χ3n) is 4.80. The van der Waals surface area contributed by atoms with E-state index in [9.17, 15) is 9.90 Å². The maximum absolute atomic E-state index is 11.7. The van der Waals surface area contributed by atoms with Gasteiger partial charge in [0.2, 0.25) is 5.91 Å². The van der Waals surface area contributed by atoms with Crippen LogP contribution >= 0.6 is 0 Å². The van der Waals surface area contributed by atoms with E-state index in [-0.39, 0.29) is 11.7 Å². The number of aromatic hydroxyl groups is 1. The van der Waals surface area contributed by atoms with Gasteiger partial charge >= 0.3 is 0 Å². The van der Waals surface area contributed by atoms with Crippen molar-refractivity contribution in [2.75, 3.05) is 0 Å². The van der Waals surface area contributed by atoms with Crippen LogP contribution in [0.3, 0.4) is 0 Å². The third kappa shape index (κ3) is 14.0. The van der Waals surface area contributed by atoms with E-state index in [1.807, 2.05) is 0 Å². The normalized spacial score (nSPS) is 11.1. The first-order valence-corrected chi connectivity index (χ1v) is 10.8. The van der Waals surface area contributed by atoms with Crippen LogP contribution in [0, 0.1) is 0 Å². The molecular weight excluding hydrogens is 336 g/mol. The number of carbonyl (C=O) groups is 1. The van der Waals surface area contributed by atoms with Crippen molar-refractivity contribution in [3.8, 4) is 5.75 Å². The first-order chi connectivity index (χ1) is 13.2. The minimum absolute atomic E-state index is 0.0342. The second-order valence-corrected chi connectivity index (χ2v) is 7.38. The highest BCUT2D eigenvalue weighted by atomic mass is 16.3. The maximum Gasteiger partial charge on any atom is 0.240 e. The summed E-state index contributed by atoms with van der Waals surface area (Å²) in [6, 6.07) is 6.68. The quantitative estimate of drug-likeness (QED) is 0.202. The fourth-order valence-corrected chi connectivity index (χ4v) is 3.10. The zero-order chi connectivity index (χ0) is 19.6. The molecule has 0 heterocycles. The van der Waals surface area contributed by atoms with Crippen LogP contribution < -0.4 is 5.43 Å². The van der Waals surface area contributed by atoms with E-state index in [1.165, 1.54) is 70.6 Å². The van der Waals surface area contributed by atoms with Crippen molar-refractivity contribution in [2.45, 2.75) is 96.8 Å². The summed E-state index contributed by atoms with van der Waals surface area (Å²) in [5.74, 6) is 0.187. The van der Waals surface area contributed by atoms with E-state index in [2.05, 4.69) is 17.5 Å². The minimum Gasteiger partial charge on any atom is -0.508 e. The second-order valence-electron chi connectivity index (χ2n) is 7.38. The smallest absolute Gasteiger partial charge is 0.240 e. The summed E-state index contributed by atoms with van der Waals surface area (Å²) in [5, 5.41) is 13.2. The lowest BCUT2D eigenvalue weighted by atomic mass is 10.0. The van der Waals surface area contributed by atoms with E-state index in [4.69, 9.17) is 0 Å². The molecule has 27 heavy (non-hydrogen) atoms. The lowest BCUT2D eigenvalue weighted by Crippen LogP contribution is -2.16. The molecule has 0 aliphatic heterocycles. The number of hydrogen-bond acceptors (Lipinski definition) is 3. The van der Waals surface area contributed by atoms with E-state index >= 15 is 0 Å². The van der Waals surface area contributed by atoms with Crippen molar-refractivity contribution in [1.29, 1.82) is 0 Å². The Morgan fingerprint density at radius 2 is 1.33 bits per heavy atom. The van der Waals surface area contributed by atoms with Crippen molar-refractivity contribution in [2.24, 2.45) is 5.10 Å². The number of rotatable bonds is 16. The summed E-state index contributed by atoms with van der Waals surface area (Å²) < 4.78 is 0.